The summed E-state index contributed by atoms with van der Waals surface area (Å²) in [5.74, 6) is -1.09. The quantitative estimate of drug-likeness (QED) is 0.890. The van der Waals surface area contributed by atoms with Crippen LogP contribution in [0.25, 0.3) is 0 Å². The molecule has 0 spiro atoms. The molecular weight excluding hydrogens is 254 g/mol. The van der Waals surface area contributed by atoms with Gasteiger partial charge in [-0.15, -0.1) is 0 Å². The van der Waals surface area contributed by atoms with Crippen molar-refractivity contribution in [1.29, 1.82) is 0 Å². The minimum atomic E-state index is -1.43. The first kappa shape index (κ1) is 11.6. The normalized spacial score (nSPS) is 15.2. The van der Waals surface area contributed by atoms with E-state index in [2.05, 4.69) is 15.9 Å². The van der Waals surface area contributed by atoms with Crippen LogP contribution >= 0.6 is 15.9 Å². The molecule has 2 unspecified atom stereocenters. The number of halogens is 3. The van der Waals surface area contributed by atoms with Gasteiger partial charge in [0, 0.05) is 10.4 Å². The Bertz CT molecular complexity index is 317. The first-order chi connectivity index (χ1) is 6.56. The summed E-state index contributed by atoms with van der Waals surface area (Å²) in [7, 11) is 0. The molecule has 0 radical (unpaired) electrons. The molecule has 14 heavy (non-hydrogen) atoms. The predicted octanol–water partition coefficient (Wildman–Crippen LogP) is 3.02. The molecule has 2 atom stereocenters. The van der Waals surface area contributed by atoms with Crippen molar-refractivity contribution in [1.82, 2.24) is 0 Å². The molecule has 1 aromatic rings. The Balaban J connectivity index is 2.99. The van der Waals surface area contributed by atoms with E-state index in [1.165, 1.54) is 12.1 Å². The van der Waals surface area contributed by atoms with E-state index in [0.29, 0.717) is 4.47 Å². The van der Waals surface area contributed by atoms with Crippen LogP contribution in [-0.2, 0) is 0 Å². The molecular formula is C10H11BrF2O. The molecule has 0 aliphatic carbocycles. The average Bonchev–Trinajstić information content (AvgIpc) is 2.19. The number of benzene rings is 1. The van der Waals surface area contributed by atoms with Crippen molar-refractivity contribution in [3.05, 3.63) is 34.1 Å². The summed E-state index contributed by atoms with van der Waals surface area (Å²) in [5.41, 5.74) is 0.279. The summed E-state index contributed by atoms with van der Waals surface area (Å²) >= 11 is 3.18. The average molecular weight is 265 g/mol. The van der Waals surface area contributed by atoms with Crippen molar-refractivity contribution < 1.29 is 13.9 Å². The Labute approximate surface area is 89.9 Å². The number of hydrogen-bond donors (Lipinski definition) is 1. The minimum Gasteiger partial charge on any atom is -0.393 e. The fourth-order valence-corrected chi connectivity index (χ4v) is 1.60. The number of alkyl halides is 1. The first-order valence-electron chi connectivity index (χ1n) is 4.26. The number of hydrogen-bond acceptors (Lipinski definition) is 1. The van der Waals surface area contributed by atoms with Crippen LogP contribution in [0.2, 0.25) is 0 Å². The molecule has 1 nitrogen and oxygen atoms in total. The van der Waals surface area contributed by atoms with Crippen molar-refractivity contribution in [3.8, 4) is 0 Å². The van der Waals surface area contributed by atoms with Gasteiger partial charge in [-0.25, -0.2) is 8.78 Å². The molecule has 0 amide bonds. The van der Waals surface area contributed by atoms with Gasteiger partial charge < -0.3 is 5.11 Å². The van der Waals surface area contributed by atoms with Crippen LogP contribution < -0.4 is 0 Å². The summed E-state index contributed by atoms with van der Waals surface area (Å²) in [6.07, 6.45) is -1.43. The summed E-state index contributed by atoms with van der Waals surface area (Å²) in [4.78, 5) is 0. The lowest BCUT2D eigenvalue weighted by atomic mass is 9.96. The smallest absolute Gasteiger partial charge is 0.130 e. The zero-order valence-corrected chi connectivity index (χ0v) is 9.26. The van der Waals surface area contributed by atoms with Crippen molar-refractivity contribution in [2.45, 2.75) is 19.0 Å². The van der Waals surface area contributed by atoms with Crippen molar-refractivity contribution in [2.24, 2.45) is 0 Å². The third-order valence-electron chi connectivity index (χ3n) is 2.17. The van der Waals surface area contributed by atoms with E-state index in [-0.39, 0.29) is 5.56 Å². The van der Waals surface area contributed by atoms with Gasteiger partial charge in [0.15, 0.2) is 0 Å². The molecule has 1 N–H and O–H groups in total. The summed E-state index contributed by atoms with van der Waals surface area (Å²) in [6, 6.07) is 4.36. The molecule has 0 aliphatic rings. The number of rotatable bonds is 3. The third-order valence-corrected chi connectivity index (χ3v) is 2.66. The van der Waals surface area contributed by atoms with Gasteiger partial charge in [0.1, 0.15) is 12.0 Å². The first-order valence-corrected chi connectivity index (χ1v) is 5.05. The largest absolute Gasteiger partial charge is 0.393 e. The van der Waals surface area contributed by atoms with E-state index >= 15 is 0 Å². The lowest BCUT2D eigenvalue weighted by molar-refractivity contribution is 0.157. The Kier molecular flexibility index (Phi) is 4.01. The molecule has 4 heteroatoms. The molecule has 0 saturated carbocycles. The molecule has 0 aliphatic heterocycles. The Morgan fingerprint density at radius 3 is 2.71 bits per heavy atom. The van der Waals surface area contributed by atoms with Crippen LogP contribution in [0, 0.1) is 5.82 Å². The third kappa shape index (κ3) is 2.51. The maximum absolute atomic E-state index is 13.2. The van der Waals surface area contributed by atoms with Crippen LogP contribution in [0.3, 0.4) is 0 Å². The molecule has 0 heterocycles. The lowest BCUT2D eigenvalue weighted by Gasteiger charge is -2.15. The van der Waals surface area contributed by atoms with Crippen LogP contribution in [0.15, 0.2) is 22.7 Å². The molecule has 78 valence electrons. The molecule has 0 saturated heterocycles. The highest BCUT2D eigenvalue weighted by Crippen LogP contribution is 2.26. The van der Waals surface area contributed by atoms with Gasteiger partial charge in [-0.1, -0.05) is 22.9 Å². The van der Waals surface area contributed by atoms with Gasteiger partial charge in [-0.2, -0.15) is 0 Å². The monoisotopic (exact) mass is 264 g/mol. The van der Waals surface area contributed by atoms with E-state index in [9.17, 15) is 8.78 Å². The second-order valence-electron chi connectivity index (χ2n) is 3.15. The van der Waals surface area contributed by atoms with E-state index in [4.69, 9.17) is 5.11 Å². The maximum Gasteiger partial charge on any atom is 0.130 e. The molecule has 0 bridgehead atoms. The SMILES string of the molecule is CC(c1cc(Br)ccc1F)C(F)CO. The highest BCUT2D eigenvalue weighted by atomic mass is 79.9. The van der Waals surface area contributed by atoms with Gasteiger partial charge >= 0.3 is 0 Å². The second kappa shape index (κ2) is 4.84. The summed E-state index contributed by atoms with van der Waals surface area (Å²) in [6.45, 7) is 0.957. The Hall–Kier alpha value is -0.480. The predicted molar refractivity (Wildman–Crippen MR) is 54.5 cm³/mol. The molecule has 1 aromatic carbocycles. The number of aliphatic hydroxyl groups excluding tert-OH is 1. The Morgan fingerprint density at radius 1 is 1.50 bits per heavy atom. The van der Waals surface area contributed by atoms with Gasteiger partial charge in [0.05, 0.1) is 6.61 Å². The van der Waals surface area contributed by atoms with Crippen molar-refractivity contribution >= 4 is 15.9 Å². The topological polar surface area (TPSA) is 20.2 Å². The summed E-state index contributed by atoms with van der Waals surface area (Å²) in [5, 5.41) is 8.62. The van der Waals surface area contributed by atoms with Crippen LogP contribution in [0.1, 0.15) is 18.4 Å². The highest BCUT2D eigenvalue weighted by Gasteiger charge is 2.20. The van der Waals surface area contributed by atoms with E-state index < -0.39 is 24.5 Å². The zero-order valence-electron chi connectivity index (χ0n) is 7.67. The fourth-order valence-electron chi connectivity index (χ4n) is 1.22. The summed E-state index contributed by atoms with van der Waals surface area (Å²) < 4.78 is 27.0. The Morgan fingerprint density at radius 2 is 2.14 bits per heavy atom. The fraction of sp³-hybridized carbons (Fsp3) is 0.400. The van der Waals surface area contributed by atoms with Gasteiger partial charge in [-0.05, 0) is 23.8 Å². The minimum absolute atomic E-state index is 0.279. The van der Waals surface area contributed by atoms with Crippen molar-refractivity contribution in [2.75, 3.05) is 6.61 Å². The standard InChI is InChI=1S/C10H11BrF2O/c1-6(10(13)5-14)8-4-7(11)2-3-9(8)12/h2-4,6,10,14H,5H2,1H3. The second-order valence-corrected chi connectivity index (χ2v) is 4.07. The zero-order chi connectivity index (χ0) is 10.7. The van der Waals surface area contributed by atoms with Gasteiger partial charge in [-0.3, -0.25) is 0 Å². The van der Waals surface area contributed by atoms with Crippen LogP contribution in [-0.4, -0.2) is 17.9 Å². The van der Waals surface area contributed by atoms with Crippen LogP contribution in [0.5, 0.6) is 0 Å². The molecule has 0 aromatic heterocycles. The van der Waals surface area contributed by atoms with E-state index in [0.717, 1.165) is 0 Å². The molecule has 1 rings (SSSR count). The molecule has 0 fully saturated rings. The van der Waals surface area contributed by atoms with Gasteiger partial charge in [0.2, 0.25) is 0 Å². The van der Waals surface area contributed by atoms with Crippen molar-refractivity contribution in [3.63, 3.8) is 0 Å². The van der Waals surface area contributed by atoms with Crippen LogP contribution in [0.4, 0.5) is 8.78 Å². The lowest BCUT2D eigenvalue weighted by Crippen LogP contribution is -2.16. The van der Waals surface area contributed by atoms with E-state index in [1.54, 1.807) is 13.0 Å². The van der Waals surface area contributed by atoms with Gasteiger partial charge in [0.25, 0.3) is 0 Å². The maximum atomic E-state index is 13.2. The van der Waals surface area contributed by atoms with E-state index in [1.807, 2.05) is 0 Å². The number of aliphatic hydroxyl groups is 1. The highest BCUT2D eigenvalue weighted by molar-refractivity contribution is 9.10.